The molecule has 1 fully saturated rings. The molecule has 1 aliphatic heterocycles. The average molecular weight is 292 g/mol. The van der Waals surface area contributed by atoms with E-state index in [0.717, 1.165) is 24.8 Å². The Balaban J connectivity index is 1.87. The Labute approximate surface area is 122 Å². The number of nitrogens with zero attached hydrogens (tertiary/aromatic N) is 2. The first kappa shape index (κ1) is 13.6. The van der Waals surface area contributed by atoms with Crippen LogP contribution in [0.4, 0.5) is 0 Å². The summed E-state index contributed by atoms with van der Waals surface area (Å²) in [5, 5.41) is 1.19. The van der Waals surface area contributed by atoms with Crippen molar-refractivity contribution < 1.29 is 0 Å². The van der Waals surface area contributed by atoms with Gasteiger partial charge in [-0.25, -0.2) is 4.98 Å². The van der Waals surface area contributed by atoms with E-state index in [1.54, 1.807) is 18.2 Å². The lowest BCUT2D eigenvalue weighted by Gasteiger charge is -2.29. The molecule has 0 radical (unpaired) electrons. The van der Waals surface area contributed by atoms with Crippen LogP contribution in [0.25, 0.3) is 10.9 Å². The van der Waals surface area contributed by atoms with Crippen molar-refractivity contribution in [3.8, 4) is 0 Å². The Bertz CT molecular complexity index is 674. The largest absolute Gasteiger partial charge is 0.309 e. The van der Waals surface area contributed by atoms with Crippen LogP contribution < -0.4 is 5.56 Å². The normalized spacial score (nSPS) is 17.7. The van der Waals surface area contributed by atoms with Gasteiger partial charge in [0.15, 0.2) is 0 Å². The van der Waals surface area contributed by atoms with Crippen molar-refractivity contribution in [3.63, 3.8) is 0 Å². The maximum absolute atomic E-state index is 12.0. The van der Waals surface area contributed by atoms with Gasteiger partial charge < -0.3 is 4.98 Å². The lowest BCUT2D eigenvalue weighted by atomic mass is 9.99. The maximum atomic E-state index is 12.0. The summed E-state index contributed by atoms with van der Waals surface area (Å²) in [6, 6.07) is 5.18. The van der Waals surface area contributed by atoms with Crippen LogP contribution in [0.3, 0.4) is 0 Å². The number of likely N-dealkylation sites (tertiary alicyclic amines) is 1. The zero-order valence-electron chi connectivity index (χ0n) is 11.5. The van der Waals surface area contributed by atoms with Crippen molar-refractivity contribution in [3.05, 3.63) is 39.4 Å². The van der Waals surface area contributed by atoms with Gasteiger partial charge in [-0.15, -0.1) is 0 Å². The third-order valence-electron chi connectivity index (χ3n) is 3.97. The summed E-state index contributed by atoms with van der Waals surface area (Å²) in [6.45, 7) is 5.12. The van der Waals surface area contributed by atoms with E-state index in [0.29, 0.717) is 22.5 Å². The van der Waals surface area contributed by atoms with E-state index in [1.165, 1.54) is 12.8 Å². The number of aromatic amines is 1. The molecular formula is C15H18ClN3O. The Kier molecular flexibility index (Phi) is 3.76. The first-order valence-electron chi connectivity index (χ1n) is 7.02. The van der Waals surface area contributed by atoms with Crippen molar-refractivity contribution in [1.82, 2.24) is 14.9 Å². The van der Waals surface area contributed by atoms with Crippen LogP contribution in [-0.2, 0) is 6.54 Å². The van der Waals surface area contributed by atoms with Crippen LogP contribution in [0.5, 0.6) is 0 Å². The van der Waals surface area contributed by atoms with Crippen LogP contribution in [0, 0.1) is 5.92 Å². The molecule has 1 aliphatic rings. The quantitative estimate of drug-likeness (QED) is 0.925. The second-order valence-electron chi connectivity index (χ2n) is 5.63. The highest BCUT2D eigenvalue weighted by molar-refractivity contribution is 6.31. The molecule has 2 aromatic rings. The van der Waals surface area contributed by atoms with E-state index in [-0.39, 0.29) is 5.56 Å². The highest BCUT2D eigenvalue weighted by Crippen LogP contribution is 2.18. The molecule has 1 aromatic heterocycles. The molecule has 5 heteroatoms. The number of halogens is 1. The third-order valence-corrected chi connectivity index (χ3v) is 4.20. The molecule has 0 unspecified atom stereocenters. The topological polar surface area (TPSA) is 49.0 Å². The minimum absolute atomic E-state index is 0.0907. The van der Waals surface area contributed by atoms with Crippen LogP contribution in [0.2, 0.25) is 5.02 Å². The molecule has 1 N–H and O–H groups in total. The summed E-state index contributed by atoms with van der Waals surface area (Å²) in [6.07, 6.45) is 2.42. The summed E-state index contributed by atoms with van der Waals surface area (Å²) in [5.74, 6) is 1.52. The van der Waals surface area contributed by atoms with Crippen molar-refractivity contribution in [2.45, 2.75) is 26.3 Å². The van der Waals surface area contributed by atoms with Crippen molar-refractivity contribution in [1.29, 1.82) is 0 Å². The lowest BCUT2D eigenvalue weighted by Crippen LogP contribution is -2.33. The van der Waals surface area contributed by atoms with Gasteiger partial charge in [-0.1, -0.05) is 18.5 Å². The average Bonchev–Trinajstić information content (AvgIpc) is 2.41. The third kappa shape index (κ3) is 2.86. The molecule has 3 rings (SSSR count). The molecule has 0 amide bonds. The highest BCUT2D eigenvalue weighted by Gasteiger charge is 2.16. The molecule has 1 saturated heterocycles. The van der Waals surface area contributed by atoms with Gasteiger partial charge in [-0.2, -0.15) is 0 Å². The fourth-order valence-electron chi connectivity index (χ4n) is 2.67. The first-order valence-corrected chi connectivity index (χ1v) is 7.40. The van der Waals surface area contributed by atoms with Crippen LogP contribution in [0.15, 0.2) is 23.0 Å². The SMILES string of the molecule is CC1CCN(Cc2nc3cc(Cl)ccc3c(=O)[nH]2)CC1. The monoisotopic (exact) mass is 291 g/mol. The van der Waals surface area contributed by atoms with Crippen molar-refractivity contribution in [2.24, 2.45) is 5.92 Å². The van der Waals surface area contributed by atoms with Gasteiger partial charge in [0, 0.05) is 5.02 Å². The first-order chi connectivity index (χ1) is 9.61. The van der Waals surface area contributed by atoms with E-state index in [2.05, 4.69) is 21.8 Å². The summed E-state index contributed by atoms with van der Waals surface area (Å²) in [4.78, 5) is 21.8. The lowest BCUT2D eigenvalue weighted by molar-refractivity contribution is 0.181. The van der Waals surface area contributed by atoms with Gasteiger partial charge in [0.1, 0.15) is 5.82 Å². The number of rotatable bonds is 2. The maximum Gasteiger partial charge on any atom is 0.258 e. The Morgan fingerprint density at radius 1 is 1.40 bits per heavy atom. The summed E-state index contributed by atoms with van der Waals surface area (Å²) in [7, 11) is 0. The predicted molar refractivity (Wildman–Crippen MR) is 81.0 cm³/mol. The number of benzene rings is 1. The number of nitrogens with one attached hydrogen (secondary N) is 1. The van der Waals surface area contributed by atoms with E-state index in [1.807, 2.05) is 0 Å². The number of fused-ring (bicyclic) bond motifs is 1. The van der Waals surface area contributed by atoms with Gasteiger partial charge in [0.25, 0.3) is 5.56 Å². The number of hydrogen-bond acceptors (Lipinski definition) is 3. The number of piperidine rings is 1. The minimum atomic E-state index is -0.0907. The van der Waals surface area contributed by atoms with Gasteiger partial charge >= 0.3 is 0 Å². The zero-order chi connectivity index (χ0) is 14.1. The fraction of sp³-hybridized carbons (Fsp3) is 0.467. The molecule has 0 saturated carbocycles. The summed E-state index contributed by atoms with van der Waals surface area (Å²) < 4.78 is 0. The Morgan fingerprint density at radius 3 is 2.90 bits per heavy atom. The van der Waals surface area contributed by atoms with Crippen molar-refractivity contribution >= 4 is 22.5 Å². The van der Waals surface area contributed by atoms with Crippen LogP contribution in [-0.4, -0.2) is 28.0 Å². The van der Waals surface area contributed by atoms with E-state index in [4.69, 9.17) is 11.6 Å². The van der Waals surface area contributed by atoms with Crippen molar-refractivity contribution in [2.75, 3.05) is 13.1 Å². The molecule has 0 atom stereocenters. The molecule has 106 valence electrons. The summed E-state index contributed by atoms with van der Waals surface area (Å²) in [5.41, 5.74) is 0.577. The van der Waals surface area contributed by atoms with Gasteiger partial charge in [0.2, 0.25) is 0 Å². The number of aromatic nitrogens is 2. The molecule has 20 heavy (non-hydrogen) atoms. The van der Waals surface area contributed by atoms with Gasteiger partial charge in [-0.05, 0) is 50.0 Å². The van der Waals surface area contributed by atoms with Crippen LogP contribution >= 0.6 is 11.6 Å². The summed E-state index contributed by atoms with van der Waals surface area (Å²) >= 11 is 5.97. The Morgan fingerprint density at radius 2 is 2.15 bits per heavy atom. The molecule has 1 aromatic carbocycles. The molecule has 0 bridgehead atoms. The molecule has 0 spiro atoms. The molecular weight excluding hydrogens is 274 g/mol. The smallest absolute Gasteiger partial charge is 0.258 e. The molecule has 4 nitrogen and oxygen atoms in total. The molecule has 2 heterocycles. The fourth-order valence-corrected chi connectivity index (χ4v) is 2.83. The van der Waals surface area contributed by atoms with E-state index in [9.17, 15) is 4.79 Å². The van der Waals surface area contributed by atoms with Gasteiger partial charge in [0.05, 0.1) is 17.4 Å². The van der Waals surface area contributed by atoms with E-state index >= 15 is 0 Å². The second kappa shape index (κ2) is 5.54. The standard InChI is InChI=1S/C15H18ClN3O/c1-10-4-6-19(7-5-10)9-14-17-13-8-11(16)2-3-12(13)15(20)18-14/h2-3,8,10H,4-7,9H2,1H3,(H,17,18,20). The highest BCUT2D eigenvalue weighted by atomic mass is 35.5. The van der Waals surface area contributed by atoms with Gasteiger partial charge in [-0.3, -0.25) is 9.69 Å². The number of H-pyrrole nitrogens is 1. The zero-order valence-corrected chi connectivity index (χ0v) is 12.3. The minimum Gasteiger partial charge on any atom is -0.309 e. The number of hydrogen-bond donors (Lipinski definition) is 1. The van der Waals surface area contributed by atoms with E-state index < -0.39 is 0 Å². The molecule has 0 aliphatic carbocycles. The van der Waals surface area contributed by atoms with Crippen LogP contribution in [0.1, 0.15) is 25.6 Å². The predicted octanol–water partition coefficient (Wildman–Crippen LogP) is 2.81. The second-order valence-corrected chi connectivity index (χ2v) is 6.07. The Hall–Kier alpha value is -1.39.